The highest BCUT2D eigenvalue weighted by Crippen LogP contribution is 2.23. The van der Waals surface area contributed by atoms with E-state index in [4.69, 9.17) is 0 Å². The van der Waals surface area contributed by atoms with Gasteiger partial charge in [-0.05, 0) is 29.3 Å². The predicted molar refractivity (Wildman–Crippen MR) is 124 cm³/mol. The normalized spacial score (nSPS) is 11.8. The lowest BCUT2D eigenvalue weighted by molar-refractivity contribution is -0.647. The van der Waals surface area contributed by atoms with E-state index in [2.05, 4.69) is 108 Å². The molecule has 3 aromatic carbocycles. The van der Waals surface area contributed by atoms with Gasteiger partial charge < -0.3 is 0 Å². The van der Waals surface area contributed by atoms with Crippen molar-refractivity contribution in [3.63, 3.8) is 0 Å². The molecule has 0 fully saturated rings. The topological polar surface area (TPSA) is 7.76 Å². The lowest BCUT2D eigenvalue weighted by atomic mass is 10.1. The molecule has 0 bridgehead atoms. The SMILES string of the molecule is C[n+]1c(C=Cc2ccc(Cc3sc4ccccc4[n+]3C)cc2)sc2ccccc21. The number of hydrogen-bond acceptors (Lipinski definition) is 2. The average Bonchev–Trinajstić information content (AvgIpc) is 3.25. The van der Waals surface area contributed by atoms with E-state index < -0.39 is 0 Å². The highest BCUT2D eigenvalue weighted by atomic mass is 32.1. The van der Waals surface area contributed by atoms with E-state index in [0.29, 0.717) is 0 Å². The van der Waals surface area contributed by atoms with Crippen LogP contribution in [-0.2, 0) is 20.5 Å². The lowest BCUT2D eigenvalue weighted by Crippen LogP contribution is -2.30. The van der Waals surface area contributed by atoms with Crippen LogP contribution < -0.4 is 9.13 Å². The largest absolute Gasteiger partial charge is 0.262 e. The van der Waals surface area contributed by atoms with E-state index in [1.807, 2.05) is 22.7 Å². The Bertz CT molecular complexity index is 1340. The summed E-state index contributed by atoms with van der Waals surface area (Å²) in [4.78, 5) is 0. The Morgan fingerprint density at radius 1 is 0.690 bits per heavy atom. The molecule has 0 aliphatic heterocycles. The van der Waals surface area contributed by atoms with Crippen molar-refractivity contribution >= 4 is 55.3 Å². The summed E-state index contributed by atoms with van der Waals surface area (Å²) in [5, 5.41) is 2.64. The van der Waals surface area contributed by atoms with Crippen LogP contribution in [0.5, 0.6) is 0 Å². The van der Waals surface area contributed by atoms with Crippen LogP contribution in [0.3, 0.4) is 0 Å². The van der Waals surface area contributed by atoms with Gasteiger partial charge in [0, 0.05) is 18.2 Å². The second kappa shape index (κ2) is 7.54. The first-order valence-corrected chi connectivity index (χ1v) is 11.3. The number of hydrogen-bond donors (Lipinski definition) is 0. The summed E-state index contributed by atoms with van der Waals surface area (Å²) in [6.07, 6.45) is 5.38. The second-order valence-corrected chi connectivity index (χ2v) is 9.42. The number of aryl methyl sites for hydroxylation is 2. The van der Waals surface area contributed by atoms with Crippen molar-refractivity contribution < 1.29 is 9.13 Å². The zero-order chi connectivity index (χ0) is 19.8. The van der Waals surface area contributed by atoms with Crippen LogP contribution in [0.15, 0.2) is 72.8 Å². The predicted octanol–water partition coefficient (Wildman–Crippen LogP) is 5.53. The maximum atomic E-state index is 2.31. The molecule has 0 atom stereocenters. The number of fused-ring (bicyclic) bond motifs is 2. The average molecular weight is 415 g/mol. The van der Waals surface area contributed by atoms with Crippen LogP contribution in [-0.4, -0.2) is 0 Å². The van der Waals surface area contributed by atoms with Gasteiger partial charge in [-0.25, -0.2) is 0 Å². The third kappa shape index (κ3) is 3.50. The molecule has 0 radical (unpaired) electrons. The quantitative estimate of drug-likeness (QED) is 0.342. The molecule has 0 saturated carbocycles. The summed E-state index contributed by atoms with van der Waals surface area (Å²) in [6.45, 7) is 0. The summed E-state index contributed by atoms with van der Waals surface area (Å²) in [6, 6.07) is 26.1. The molecule has 5 aromatic rings. The van der Waals surface area contributed by atoms with Gasteiger partial charge in [0.05, 0.1) is 6.42 Å². The molecule has 0 spiro atoms. The minimum atomic E-state index is 0.963. The van der Waals surface area contributed by atoms with Crippen molar-refractivity contribution in [2.24, 2.45) is 14.1 Å². The van der Waals surface area contributed by atoms with Gasteiger partial charge >= 0.3 is 0 Å². The summed E-state index contributed by atoms with van der Waals surface area (Å²) in [7, 11) is 4.29. The Labute approximate surface area is 178 Å². The maximum absolute atomic E-state index is 2.31. The molecular formula is C25H22N2S2+2. The molecule has 4 heteroatoms. The lowest BCUT2D eigenvalue weighted by Gasteiger charge is -1.98. The minimum Gasteiger partial charge on any atom is -0.188 e. The minimum absolute atomic E-state index is 0.963. The monoisotopic (exact) mass is 414 g/mol. The number of aromatic nitrogens is 2. The number of para-hydroxylation sites is 2. The smallest absolute Gasteiger partial charge is 0.188 e. The molecule has 2 heterocycles. The van der Waals surface area contributed by atoms with Gasteiger partial charge in [-0.15, -0.1) is 0 Å². The Hall–Kier alpha value is -2.82. The molecule has 2 aromatic heterocycles. The van der Waals surface area contributed by atoms with E-state index in [1.54, 1.807) is 0 Å². The van der Waals surface area contributed by atoms with E-state index in [9.17, 15) is 0 Å². The first-order valence-electron chi connectivity index (χ1n) is 9.70. The van der Waals surface area contributed by atoms with Crippen molar-refractivity contribution in [3.8, 4) is 0 Å². The van der Waals surface area contributed by atoms with Crippen molar-refractivity contribution in [1.29, 1.82) is 0 Å². The molecule has 5 rings (SSSR count). The van der Waals surface area contributed by atoms with E-state index in [1.165, 1.54) is 41.6 Å². The molecule has 2 nitrogen and oxygen atoms in total. The molecule has 0 unspecified atom stereocenters. The molecule has 142 valence electrons. The number of nitrogens with zero attached hydrogens (tertiary/aromatic N) is 2. The van der Waals surface area contributed by atoms with E-state index in [-0.39, 0.29) is 0 Å². The summed E-state index contributed by atoms with van der Waals surface area (Å²) in [5.74, 6) is 0. The zero-order valence-electron chi connectivity index (χ0n) is 16.5. The van der Waals surface area contributed by atoms with Crippen LogP contribution in [0, 0.1) is 0 Å². The zero-order valence-corrected chi connectivity index (χ0v) is 18.1. The first-order chi connectivity index (χ1) is 14.2. The summed E-state index contributed by atoms with van der Waals surface area (Å²) < 4.78 is 7.24. The van der Waals surface area contributed by atoms with Crippen molar-refractivity contribution in [2.75, 3.05) is 0 Å². The molecular weight excluding hydrogens is 392 g/mol. The van der Waals surface area contributed by atoms with Crippen LogP contribution >= 0.6 is 22.7 Å². The molecule has 0 aliphatic carbocycles. The van der Waals surface area contributed by atoms with Gasteiger partial charge in [-0.1, -0.05) is 71.2 Å². The fraction of sp³-hybridized carbons (Fsp3) is 0.120. The second-order valence-electron chi connectivity index (χ2n) is 7.24. The van der Waals surface area contributed by atoms with Crippen LogP contribution in [0.2, 0.25) is 0 Å². The van der Waals surface area contributed by atoms with Crippen molar-refractivity contribution in [2.45, 2.75) is 6.42 Å². The molecule has 29 heavy (non-hydrogen) atoms. The van der Waals surface area contributed by atoms with Gasteiger partial charge in [-0.2, -0.15) is 9.13 Å². The maximum Gasteiger partial charge on any atom is 0.262 e. The molecule has 0 saturated heterocycles. The number of rotatable bonds is 4. The fourth-order valence-electron chi connectivity index (χ4n) is 3.66. The molecule has 0 N–H and O–H groups in total. The Morgan fingerprint density at radius 3 is 1.97 bits per heavy atom. The number of benzene rings is 3. The van der Waals surface area contributed by atoms with Gasteiger partial charge in [0.2, 0.25) is 16.0 Å². The number of thiazole rings is 2. The highest BCUT2D eigenvalue weighted by Gasteiger charge is 2.16. The molecule has 0 aliphatic rings. The summed E-state index contributed by atoms with van der Waals surface area (Å²) in [5.41, 5.74) is 5.16. The third-order valence-corrected chi connectivity index (χ3v) is 7.76. The van der Waals surface area contributed by atoms with E-state index >= 15 is 0 Å². The standard InChI is InChI=1S/C25H22N2S2/c1-26-20-7-3-5-9-22(20)28-24(26)16-15-18-11-13-19(14-12-18)17-25-27(2)21-8-4-6-10-23(21)29-25/h3-16H,17H2,1-2H3/q+2. The van der Waals surface area contributed by atoms with Gasteiger partial charge in [0.25, 0.3) is 5.01 Å². The highest BCUT2D eigenvalue weighted by molar-refractivity contribution is 7.19. The Kier molecular flexibility index (Phi) is 4.74. The van der Waals surface area contributed by atoms with Crippen molar-refractivity contribution in [3.05, 3.63) is 93.9 Å². The summed E-state index contributed by atoms with van der Waals surface area (Å²) >= 11 is 3.71. The Balaban J connectivity index is 1.36. The fourth-order valence-corrected chi connectivity index (χ4v) is 5.90. The van der Waals surface area contributed by atoms with Crippen LogP contribution in [0.25, 0.3) is 32.6 Å². The third-order valence-electron chi connectivity index (χ3n) is 5.35. The first kappa shape index (κ1) is 18.2. The van der Waals surface area contributed by atoms with Crippen LogP contribution in [0.4, 0.5) is 0 Å². The van der Waals surface area contributed by atoms with Gasteiger partial charge in [0.1, 0.15) is 23.5 Å². The van der Waals surface area contributed by atoms with Crippen LogP contribution in [0.1, 0.15) is 21.1 Å². The van der Waals surface area contributed by atoms with Gasteiger partial charge in [-0.3, -0.25) is 0 Å². The van der Waals surface area contributed by atoms with Gasteiger partial charge in [0.15, 0.2) is 0 Å². The molecule has 0 amide bonds. The van der Waals surface area contributed by atoms with Crippen molar-refractivity contribution in [1.82, 2.24) is 0 Å². The Morgan fingerprint density at radius 2 is 1.31 bits per heavy atom. The van der Waals surface area contributed by atoms with E-state index in [0.717, 1.165) is 6.42 Å².